The lowest BCUT2D eigenvalue weighted by atomic mass is 10.0. The molecule has 1 saturated heterocycles. The monoisotopic (exact) mass is 393 g/mol. The molecule has 1 aliphatic rings. The minimum absolute atomic E-state index is 0.00122. The molecule has 1 aromatic carbocycles. The van der Waals surface area contributed by atoms with Crippen LogP contribution in [0.3, 0.4) is 0 Å². The number of carbonyl (C=O) groups excluding carboxylic acids is 3. The first-order valence-electron chi connectivity index (χ1n) is 8.85. The number of rotatable bonds is 7. The Bertz CT molecular complexity index is 766. The van der Waals surface area contributed by atoms with Crippen LogP contribution in [0.4, 0.5) is 5.69 Å². The number of ether oxygens (including phenoxy) is 2. The molecule has 1 atom stereocenters. The molecule has 2 amide bonds. The van der Waals surface area contributed by atoms with E-state index in [9.17, 15) is 24.5 Å². The summed E-state index contributed by atoms with van der Waals surface area (Å²) in [5.41, 5.74) is -0.363. The summed E-state index contributed by atoms with van der Waals surface area (Å²) in [5.74, 6) is -1.28. The molecule has 10 heteroatoms. The number of piperidine rings is 1. The number of nitrogens with one attached hydrogen (secondary N) is 1. The molecule has 28 heavy (non-hydrogen) atoms. The van der Waals surface area contributed by atoms with E-state index in [4.69, 9.17) is 9.47 Å². The summed E-state index contributed by atoms with van der Waals surface area (Å²) in [6.45, 7) is 2.51. The average molecular weight is 393 g/mol. The number of likely N-dealkylation sites (tertiary alicyclic amines) is 1. The maximum absolute atomic E-state index is 12.1. The summed E-state index contributed by atoms with van der Waals surface area (Å²) in [7, 11) is 1.28. The van der Waals surface area contributed by atoms with Crippen molar-refractivity contribution in [2.45, 2.75) is 19.8 Å². The van der Waals surface area contributed by atoms with Crippen LogP contribution in [0.2, 0.25) is 0 Å². The van der Waals surface area contributed by atoms with Gasteiger partial charge in [-0.25, -0.2) is 0 Å². The number of esters is 1. The van der Waals surface area contributed by atoms with E-state index in [0.29, 0.717) is 19.0 Å². The third kappa shape index (κ3) is 5.66. The van der Waals surface area contributed by atoms with Gasteiger partial charge in [-0.05, 0) is 30.9 Å². The molecule has 1 N–H and O–H groups in total. The van der Waals surface area contributed by atoms with Gasteiger partial charge >= 0.3 is 11.7 Å². The third-order valence-electron chi connectivity index (χ3n) is 4.40. The normalized spacial score (nSPS) is 16.2. The van der Waals surface area contributed by atoms with E-state index in [-0.39, 0.29) is 29.5 Å². The topological polar surface area (TPSA) is 128 Å². The van der Waals surface area contributed by atoms with Crippen molar-refractivity contribution in [3.8, 4) is 5.75 Å². The first-order valence-corrected chi connectivity index (χ1v) is 8.85. The second-order valence-corrected chi connectivity index (χ2v) is 6.57. The van der Waals surface area contributed by atoms with Gasteiger partial charge in [0.25, 0.3) is 11.8 Å². The fourth-order valence-electron chi connectivity index (χ4n) is 2.93. The highest BCUT2D eigenvalue weighted by Crippen LogP contribution is 2.27. The summed E-state index contributed by atoms with van der Waals surface area (Å²) in [6.07, 6.45) is 1.99. The molecular weight excluding hydrogens is 370 g/mol. The Hall–Kier alpha value is -3.17. The number of nitro benzene ring substituents is 1. The Balaban J connectivity index is 1.82. The van der Waals surface area contributed by atoms with E-state index < -0.39 is 23.3 Å². The quantitative estimate of drug-likeness (QED) is 0.418. The molecule has 1 fully saturated rings. The average Bonchev–Trinajstić information content (AvgIpc) is 2.69. The lowest BCUT2D eigenvalue weighted by Gasteiger charge is -2.30. The molecule has 152 valence electrons. The molecule has 0 unspecified atom stereocenters. The Labute approximate surface area is 161 Å². The smallest absolute Gasteiger partial charge is 0.325 e. The van der Waals surface area contributed by atoms with Gasteiger partial charge in [-0.15, -0.1) is 0 Å². The lowest BCUT2D eigenvalue weighted by Crippen LogP contribution is -2.42. The molecule has 0 saturated carbocycles. The zero-order chi connectivity index (χ0) is 20.7. The first kappa shape index (κ1) is 21.1. The second-order valence-electron chi connectivity index (χ2n) is 6.57. The molecule has 10 nitrogen and oxygen atoms in total. The van der Waals surface area contributed by atoms with E-state index in [2.05, 4.69) is 12.2 Å². The Kier molecular flexibility index (Phi) is 7.30. The van der Waals surface area contributed by atoms with Crippen LogP contribution in [0.5, 0.6) is 5.75 Å². The van der Waals surface area contributed by atoms with E-state index in [1.807, 2.05) is 0 Å². The van der Waals surface area contributed by atoms with Crippen molar-refractivity contribution in [2.24, 2.45) is 5.92 Å². The standard InChI is InChI=1S/C18H23N3O7/c1-12-4-3-7-20(10-12)16(22)11-28-17(23)9-19-18(24)13-5-6-15(27-2)14(8-13)21(25)26/h5-6,8,12H,3-4,7,9-11H2,1-2H3,(H,19,24)/t12-/m1/s1. The number of methoxy groups -OCH3 is 1. The van der Waals surface area contributed by atoms with Crippen LogP contribution in [0.25, 0.3) is 0 Å². The third-order valence-corrected chi connectivity index (χ3v) is 4.40. The molecule has 0 aromatic heterocycles. The van der Waals surface area contributed by atoms with Gasteiger partial charge in [-0.2, -0.15) is 0 Å². The Morgan fingerprint density at radius 2 is 2.11 bits per heavy atom. The lowest BCUT2D eigenvalue weighted by molar-refractivity contribution is -0.385. The van der Waals surface area contributed by atoms with E-state index in [0.717, 1.165) is 18.9 Å². The van der Waals surface area contributed by atoms with Gasteiger partial charge in [0, 0.05) is 24.7 Å². The van der Waals surface area contributed by atoms with Gasteiger partial charge in [0.15, 0.2) is 12.4 Å². The van der Waals surface area contributed by atoms with Crippen LogP contribution in [-0.2, 0) is 14.3 Å². The summed E-state index contributed by atoms with van der Waals surface area (Å²) in [5, 5.41) is 13.3. The molecule has 1 heterocycles. The number of benzene rings is 1. The number of hydrogen-bond acceptors (Lipinski definition) is 7. The number of nitro groups is 1. The highest BCUT2D eigenvalue weighted by molar-refractivity contribution is 5.97. The predicted octanol–water partition coefficient (Wildman–Crippen LogP) is 1.13. The first-order chi connectivity index (χ1) is 13.3. The highest BCUT2D eigenvalue weighted by Gasteiger charge is 2.22. The van der Waals surface area contributed by atoms with Crippen molar-refractivity contribution in [1.82, 2.24) is 10.2 Å². The number of hydrogen-bond donors (Lipinski definition) is 1. The maximum atomic E-state index is 12.1. The van der Waals surface area contributed by atoms with E-state index >= 15 is 0 Å². The summed E-state index contributed by atoms with van der Waals surface area (Å²) in [4.78, 5) is 47.9. The van der Waals surface area contributed by atoms with Crippen LogP contribution >= 0.6 is 0 Å². The number of nitrogens with zero attached hydrogens (tertiary/aromatic N) is 2. The summed E-state index contributed by atoms with van der Waals surface area (Å²) >= 11 is 0. The van der Waals surface area contributed by atoms with Crippen LogP contribution in [0.15, 0.2) is 18.2 Å². The Morgan fingerprint density at radius 3 is 2.75 bits per heavy atom. The van der Waals surface area contributed by atoms with Crippen LogP contribution in [-0.4, -0.2) is 61.0 Å². The van der Waals surface area contributed by atoms with Crippen molar-refractivity contribution in [2.75, 3.05) is 33.4 Å². The molecule has 1 aromatic rings. The minimum Gasteiger partial charge on any atom is -0.490 e. The number of amides is 2. The van der Waals surface area contributed by atoms with E-state index in [1.165, 1.54) is 19.2 Å². The predicted molar refractivity (Wildman–Crippen MR) is 97.9 cm³/mol. The van der Waals surface area contributed by atoms with Gasteiger partial charge in [-0.1, -0.05) is 6.92 Å². The minimum atomic E-state index is -0.769. The summed E-state index contributed by atoms with van der Waals surface area (Å²) < 4.78 is 9.77. The largest absolute Gasteiger partial charge is 0.490 e. The van der Waals surface area contributed by atoms with Gasteiger partial charge in [0.2, 0.25) is 0 Å². The van der Waals surface area contributed by atoms with Crippen molar-refractivity contribution in [3.63, 3.8) is 0 Å². The Morgan fingerprint density at radius 1 is 1.36 bits per heavy atom. The maximum Gasteiger partial charge on any atom is 0.325 e. The number of carbonyl (C=O) groups is 3. The molecule has 1 aliphatic heterocycles. The fourth-order valence-corrected chi connectivity index (χ4v) is 2.93. The van der Waals surface area contributed by atoms with E-state index in [1.54, 1.807) is 4.90 Å². The summed E-state index contributed by atoms with van der Waals surface area (Å²) in [6, 6.07) is 3.69. The zero-order valence-electron chi connectivity index (χ0n) is 15.8. The fraction of sp³-hybridized carbons (Fsp3) is 0.500. The van der Waals surface area contributed by atoms with Crippen molar-refractivity contribution in [3.05, 3.63) is 33.9 Å². The molecular formula is C18H23N3O7. The SMILES string of the molecule is COc1ccc(C(=O)NCC(=O)OCC(=O)N2CCC[C@@H](C)C2)cc1[N+](=O)[O-]. The van der Waals surface area contributed by atoms with Crippen LogP contribution in [0, 0.1) is 16.0 Å². The molecule has 2 rings (SSSR count). The van der Waals surface area contributed by atoms with Gasteiger partial charge in [0.05, 0.1) is 12.0 Å². The van der Waals surface area contributed by atoms with Gasteiger partial charge in [-0.3, -0.25) is 24.5 Å². The molecule has 0 spiro atoms. The second kappa shape index (κ2) is 9.67. The van der Waals surface area contributed by atoms with Crippen LogP contribution < -0.4 is 10.1 Å². The van der Waals surface area contributed by atoms with Crippen molar-refractivity contribution < 1.29 is 28.8 Å². The highest BCUT2D eigenvalue weighted by atomic mass is 16.6. The van der Waals surface area contributed by atoms with Crippen molar-refractivity contribution >= 4 is 23.5 Å². The molecule has 0 bridgehead atoms. The van der Waals surface area contributed by atoms with Gasteiger partial charge < -0.3 is 19.7 Å². The zero-order valence-corrected chi connectivity index (χ0v) is 15.8. The van der Waals surface area contributed by atoms with Crippen molar-refractivity contribution in [1.29, 1.82) is 0 Å². The van der Waals surface area contributed by atoms with Gasteiger partial charge in [0.1, 0.15) is 6.54 Å². The van der Waals surface area contributed by atoms with Crippen LogP contribution in [0.1, 0.15) is 30.1 Å². The molecule has 0 aliphatic carbocycles. The molecule has 0 radical (unpaired) electrons.